The van der Waals surface area contributed by atoms with E-state index in [-0.39, 0.29) is 0 Å². The van der Waals surface area contributed by atoms with Gasteiger partial charge >= 0.3 is 7.12 Å². The highest BCUT2D eigenvalue weighted by Crippen LogP contribution is 1.94. The smallest absolute Gasteiger partial charge is 0.423 e. The van der Waals surface area contributed by atoms with Crippen molar-refractivity contribution in [3.63, 3.8) is 0 Å². The van der Waals surface area contributed by atoms with Gasteiger partial charge in [-0.1, -0.05) is 38.1 Å². The minimum Gasteiger partial charge on any atom is -0.423 e. The van der Waals surface area contributed by atoms with Gasteiger partial charge in [0.05, 0.1) is 0 Å². The van der Waals surface area contributed by atoms with E-state index in [9.17, 15) is 0 Å². The van der Waals surface area contributed by atoms with Gasteiger partial charge in [-0.2, -0.15) is 0 Å². The molecule has 4 heteroatoms. The van der Waals surface area contributed by atoms with E-state index in [1.165, 1.54) is 0 Å². The van der Waals surface area contributed by atoms with Crippen molar-refractivity contribution in [1.82, 2.24) is 0 Å². The highest BCUT2D eigenvalue weighted by atomic mass is 16.4. The Morgan fingerprint density at radius 2 is 1.92 bits per heavy atom. The van der Waals surface area contributed by atoms with Crippen molar-refractivity contribution in [1.29, 1.82) is 0 Å². The van der Waals surface area contributed by atoms with Gasteiger partial charge in [-0.3, -0.25) is 0 Å². The first kappa shape index (κ1) is 12.2. The lowest BCUT2D eigenvalue weighted by Gasteiger charge is -2.00. The second-order valence-electron chi connectivity index (χ2n) is 2.32. The molecule has 1 aromatic rings. The number of hydrogen-bond acceptors (Lipinski definition) is 3. The summed E-state index contributed by atoms with van der Waals surface area (Å²) in [7, 11) is -1.40. The van der Waals surface area contributed by atoms with E-state index in [2.05, 4.69) is 0 Å². The summed E-state index contributed by atoms with van der Waals surface area (Å²) in [6.07, 6.45) is 0. The van der Waals surface area contributed by atoms with Crippen LogP contribution in [0.1, 0.15) is 19.4 Å². The zero-order valence-corrected chi connectivity index (χ0v) is 8.07. The number of nitrogens with two attached hydrogens (primary N) is 1. The summed E-state index contributed by atoms with van der Waals surface area (Å²) in [5.74, 6) is 0. The van der Waals surface area contributed by atoms with E-state index in [4.69, 9.17) is 15.8 Å². The molecular formula is C9H16BNO2. The molecule has 4 N–H and O–H groups in total. The maximum Gasteiger partial charge on any atom is 0.488 e. The van der Waals surface area contributed by atoms with Gasteiger partial charge in [-0.25, -0.2) is 0 Å². The maximum absolute atomic E-state index is 8.76. The standard InChI is InChI=1S/C7H10BNO2.C2H6/c9-5-6-2-1-3-7(4-6)8(10)11;1-2/h1-4,10-11H,5,9H2;1-2H3. The van der Waals surface area contributed by atoms with Gasteiger partial charge in [0.1, 0.15) is 0 Å². The van der Waals surface area contributed by atoms with Crippen LogP contribution in [0.15, 0.2) is 24.3 Å². The van der Waals surface area contributed by atoms with Crippen LogP contribution in [-0.4, -0.2) is 17.2 Å². The summed E-state index contributed by atoms with van der Waals surface area (Å²) in [5, 5.41) is 17.5. The van der Waals surface area contributed by atoms with Crippen LogP contribution in [0.3, 0.4) is 0 Å². The summed E-state index contributed by atoms with van der Waals surface area (Å²) in [6, 6.07) is 6.90. The maximum atomic E-state index is 8.76. The van der Waals surface area contributed by atoms with Crippen LogP contribution in [-0.2, 0) is 6.54 Å². The number of rotatable bonds is 2. The quantitative estimate of drug-likeness (QED) is 0.556. The van der Waals surface area contributed by atoms with Crippen molar-refractivity contribution >= 4 is 12.6 Å². The molecule has 3 nitrogen and oxygen atoms in total. The second kappa shape index (κ2) is 6.66. The Morgan fingerprint density at radius 1 is 1.31 bits per heavy atom. The Balaban J connectivity index is 0.000000671. The Bertz CT molecular complexity index is 241. The van der Waals surface area contributed by atoms with Gasteiger partial charge in [-0.15, -0.1) is 0 Å². The first-order valence-electron chi connectivity index (χ1n) is 4.39. The molecule has 0 saturated heterocycles. The second-order valence-corrected chi connectivity index (χ2v) is 2.32. The summed E-state index contributed by atoms with van der Waals surface area (Å²) in [6.45, 7) is 4.42. The molecular weight excluding hydrogens is 165 g/mol. The van der Waals surface area contributed by atoms with E-state index in [1.807, 2.05) is 19.9 Å². The van der Waals surface area contributed by atoms with Crippen LogP contribution in [0.2, 0.25) is 0 Å². The van der Waals surface area contributed by atoms with E-state index in [0.29, 0.717) is 12.0 Å². The van der Waals surface area contributed by atoms with E-state index >= 15 is 0 Å². The Labute approximate surface area is 79.4 Å². The fraction of sp³-hybridized carbons (Fsp3) is 0.333. The van der Waals surface area contributed by atoms with Gasteiger partial charge in [-0.05, 0) is 11.0 Å². The lowest BCUT2D eigenvalue weighted by Crippen LogP contribution is -2.30. The third-order valence-electron chi connectivity index (χ3n) is 1.48. The third kappa shape index (κ3) is 4.08. The van der Waals surface area contributed by atoms with Crippen molar-refractivity contribution in [2.45, 2.75) is 20.4 Å². The van der Waals surface area contributed by atoms with Gasteiger partial charge < -0.3 is 15.8 Å². The molecule has 0 aromatic heterocycles. The van der Waals surface area contributed by atoms with Crippen molar-refractivity contribution in [2.24, 2.45) is 5.73 Å². The molecule has 0 unspecified atom stereocenters. The first-order chi connectivity index (χ1) is 6.24. The van der Waals surface area contributed by atoms with Crippen LogP contribution in [0.25, 0.3) is 0 Å². The van der Waals surface area contributed by atoms with Crippen molar-refractivity contribution in [2.75, 3.05) is 0 Å². The molecule has 0 radical (unpaired) electrons. The zero-order valence-electron chi connectivity index (χ0n) is 8.07. The van der Waals surface area contributed by atoms with Gasteiger partial charge in [0, 0.05) is 6.54 Å². The first-order valence-corrected chi connectivity index (χ1v) is 4.39. The largest absolute Gasteiger partial charge is 0.488 e. The Kier molecular flexibility index (Phi) is 6.23. The minimum absolute atomic E-state index is 0.417. The fourth-order valence-corrected chi connectivity index (χ4v) is 0.881. The Morgan fingerprint density at radius 3 is 2.38 bits per heavy atom. The van der Waals surface area contributed by atoms with Gasteiger partial charge in [0.2, 0.25) is 0 Å². The minimum atomic E-state index is -1.40. The van der Waals surface area contributed by atoms with Crippen LogP contribution in [0, 0.1) is 0 Å². The fourth-order valence-electron chi connectivity index (χ4n) is 0.881. The van der Waals surface area contributed by atoms with Crippen molar-refractivity contribution < 1.29 is 10.0 Å². The summed E-state index contributed by atoms with van der Waals surface area (Å²) in [5.41, 5.74) is 6.73. The monoisotopic (exact) mass is 181 g/mol. The van der Waals surface area contributed by atoms with E-state index < -0.39 is 7.12 Å². The van der Waals surface area contributed by atoms with Crippen LogP contribution < -0.4 is 11.2 Å². The SMILES string of the molecule is CC.NCc1cccc(B(O)O)c1. The lowest BCUT2D eigenvalue weighted by molar-refractivity contribution is 0.425. The third-order valence-corrected chi connectivity index (χ3v) is 1.48. The van der Waals surface area contributed by atoms with Crippen LogP contribution in [0.5, 0.6) is 0 Å². The summed E-state index contributed by atoms with van der Waals surface area (Å²) in [4.78, 5) is 0. The number of benzene rings is 1. The molecule has 72 valence electrons. The normalized spacial score (nSPS) is 8.69. The number of hydrogen-bond donors (Lipinski definition) is 3. The topological polar surface area (TPSA) is 66.5 Å². The van der Waals surface area contributed by atoms with Crippen molar-refractivity contribution in [3.8, 4) is 0 Å². The predicted molar refractivity (Wildman–Crippen MR) is 55.5 cm³/mol. The summed E-state index contributed by atoms with van der Waals surface area (Å²) >= 11 is 0. The molecule has 0 bridgehead atoms. The zero-order chi connectivity index (χ0) is 10.3. The molecule has 1 aromatic carbocycles. The predicted octanol–water partition coefficient (Wildman–Crippen LogP) is -0.149. The summed E-state index contributed by atoms with van der Waals surface area (Å²) < 4.78 is 0. The molecule has 0 aliphatic carbocycles. The van der Waals surface area contributed by atoms with Crippen LogP contribution in [0.4, 0.5) is 0 Å². The lowest BCUT2D eigenvalue weighted by atomic mass is 9.80. The van der Waals surface area contributed by atoms with E-state index in [1.54, 1.807) is 18.2 Å². The van der Waals surface area contributed by atoms with E-state index in [0.717, 1.165) is 5.56 Å². The average molecular weight is 181 g/mol. The molecule has 0 heterocycles. The molecule has 0 atom stereocenters. The highest BCUT2D eigenvalue weighted by molar-refractivity contribution is 6.58. The van der Waals surface area contributed by atoms with Crippen LogP contribution >= 0.6 is 0 Å². The van der Waals surface area contributed by atoms with Crippen molar-refractivity contribution in [3.05, 3.63) is 29.8 Å². The van der Waals surface area contributed by atoms with Gasteiger partial charge in [0.25, 0.3) is 0 Å². The molecule has 1 rings (SSSR count). The molecule has 0 fully saturated rings. The molecule has 0 spiro atoms. The molecule has 0 saturated carbocycles. The highest BCUT2D eigenvalue weighted by Gasteiger charge is 2.09. The Hall–Kier alpha value is -0.835. The molecule has 0 aliphatic rings. The average Bonchev–Trinajstić information content (AvgIpc) is 2.21. The molecule has 0 aliphatic heterocycles. The molecule has 0 amide bonds. The van der Waals surface area contributed by atoms with Gasteiger partial charge in [0.15, 0.2) is 0 Å². The molecule has 13 heavy (non-hydrogen) atoms.